The highest BCUT2D eigenvalue weighted by atomic mass is 35.5. The summed E-state index contributed by atoms with van der Waals surface area (Å²) in [6.07, 6.45) is 1.76. The van der Waals surface area contributed by atoms with Gasteiger partial charge in [-0.2, -0.15) is 5.26 Å². The van der Waals surface area contributed by atoms with Gasteiger partial charge >= 0.3 is 5.97 Å². The summed E-state index contributed by atoms with van der Waals surface area (Å²) in [6.45, 7) is 3.34. The predicted octanol–water partition coefficient (Wildman–Crippen LogP) is 5.49. The van der Waals surface area contributed by atoms with Gasteiger partial charge in [-0.15, -0.1) is 0 Å². The molecule has 7 heteroatoms. The maximum Gasteiger partial charge on any atom is 0.338 e. The van der Waals surface area contributed by atoms with E-state index >= 15 is 0 Å². The lowest BCUT2D eigenvalue weighted by atomic mass is 10.1. The van der Waals surface area contributed by atoms with E-state index in [1.54, 1.807) is 47.4 Å². The van der Waals surface area contributed by atoms with Crippen LogP contribution in [0.5, 0.6) is 0 Å². The second-order valence-corrected chi connectivity index (χ2v) is 8.49. The van der Waals surface area contributed by atoms with Crippen molar-refractivity contribution in [1.82, 2.24) is 5.32 Å². The van der Waals surface area contributed by atoms with Crippen LogP contribution in [0.3, 0.4) is 0 Å². The van der Waals surface area contributed by atoms with E-state index in [-0.39, 0.29) is 25.0 Å². The second-order valence-electron chi connectivity index (χ2n) is 8.06. The topological polar surface area (TPSA) is 82.4 Å². The number of carbonyl (C=O) groups is 2. The van der Waals surface area contributed by atoms with Crippen LogP contribution < -0.4 is 10.2 Å². The molecule has 0 fully saturated rings. The van der Waals surface area contributed by atoms with Crippen LogP contribution >= 0.6 is 11.6 Å². The smallest absolute Gasteiger partial charge is 0.338 e. The van der Waals surface area contributed by atoms with Crippen LogP contribution in [-0.2, 0) is 22.6 Å². The average Bonchev–Trinajstić information content (AvgIpc) is 2.88. The molecule has 35 heavy (non-hydrogen) atoms. The molecule has 1 amide bonds. The number of rotatable bonds is 11. The molecule has 3 rings (SSSR count). The predicted molar refractivity (Wildman–Crippen MR) is 137 cm³/mol. The first-order valence-corrected chi connectivity index (χ1v) is 11.9. The molecule has 1 N–H and O–H groups in total. The van der Waals surface area contributed by atoms with E-state index in [1.165, 1.54) is 0 Å². The number of nitrogens with zero attached hydrogens (tertiary/aromatic N) is 2. The Labute approximate surface area is 211 Å². The molecule has 0 unspecified atom stereocenters. The van der Waals surface area contributed by atoms with Crippen LogP contribution in [0.4, 0.5) is 5.69 Å². The first-order chi connectivity index (χ1) is 17.0. The number of nitrogens with one attached hydrogen (secondary N) is 1. The molecule has 0 atom stereocenters. The number of nitriles is 1. The van der Waals surface area contributed by atoms with Gasteiger partial charge in [0.15, 0.2) is 0 Å². The Morgan fingerprint density at radius 1 is 1.03 bits per heavy atom. The third-order valence-electron chi connectivity index (χ3n) is 5.36. The minimum atomic E-state index is -0.380. The largest absolute Gasteiger partial charge is 0.462 e. The molecule has 3 aromatic carbocycles. The van der Waals surface area contributed by atoms with Crippen molar-refractivity contribution in [2.24, 2.45) is 0 Å². The molecule has 0 aliphatic carbocycles. The summed E-state index contributed by atoms with van der Waals surface area (Å²) in [5, 5.41) is 13.1. The number of halogens is 1. The van der Waals surface area contributed by atoms with Gasteiger partial charge in [-0.25, -0.2) is 4.79 Å². The van der Waals surface area contributed by atoms with Gasteiger partial charge in [0, 0.05) is 17.3 Å². The van der Waals surface area contributed by atoms with Gasteiger partial charge < -0.3 is 15.0 Å². The fourth-order valence-electron chi connectivity index (χ4n) is 3.43. The van der Waals surface area contributed by atoms with Gasteiger partial charge in [-0.05, 0) is 66.1 Å². The minimum Gasteiger partial charge on any atom is -0.462 e. The lowest BCUT2D eigenvalue weighted by Gasteiger charge is -2.24. The van der Waals surface area contributed by atoms with E-state index in [4.69, 9.17) is 16.3 Å². The Kier molecular flexibility index (Phi) is 9.85. The third kappa shape index (κ3) is 7.96. The number of carbonyl (C=O) groups excluding carboxylic acids is 2. The van der Waals surface area contributed by atoms with Crippen molar-refractivity contribution in [1.29, 1.82) is 5.26 Å². The number of esters is 1. The number of unbranched alkanes of at least 4 members (excludes halogenated alkanes) is 1. The molecule has 0 heterocycles. The van der Waals surface area contributed by atoms with Crippen LogP contribution in [0.2, 0.25) is 5.02 Å². The van der Waals surface area contributed by atoms with Crippen LogP contribution in [-0.4, -0.2) is 25.0 Å². The number of ether oxygens (including phenoxy) is 1. The normalized spacial score (nSPS) is 10.4. The van der Waals surface area contributed by atoms with Crippen molar-refractivity contribution >= 4 is 29.2 Å². The molecule has 0 aliphatic rings. The highest BCUT2D eigenvalue weighted by Gasteiger charge is 2.17. The SMILES string of the molecule is CCCCOC(=O)c1ccc(N(Cc2cccc(C#N)c2)C(=O)CNCc2ccc(Cl)cc2)cc1. The van der Waals surface area contributed by atoms with Crippen molar-refractivity contribution in [2.45, 2.75) is 32.9 Å². The Morgan fingerprint density at radius 3 is 2.46 bits per heavy atom. The zero-order valence-electron chi connectivity index (χ0n) is 19.7. The van der Waals surface area contributed by atoms with Crippen molar-refractivity contribution < 1.29 is 14.3 Å². The third-order valence-corrected chi connectivity index (χ3v) is 5.61. The second kappa shape index (κ2) is 13.3. The van der Waals surface area contributed by atoms with E-state index in [9.17, 15) is 14.9 Å². The number of hydrogen-bond acceptors (Lipinski definition) is 5. The average molecular weight is 490 g/mol. The molecule has 3 aromatic rings. The molecule has 0 aliphatic heterocycles. The van der Waals surface area contributed by atoms with Gasteiger partial charge in [0.1, 0.15) is 0 Å². The summed E-state index contributed by atoms with van der Waals surface area (Å²) in [7, 11) is 0. The molecular weight excluding hydrogens is 462 g/mol. The van der Waals surface area contributed by atoms with Gasteiger partial charge in [0.25, 0.3) is 0 Å². The highest BCUT2D eigenvalue weighted by molar-refractivity contribution is 6.30. The Balaban J connectivity index is 1.73. The Hall–Kier alpha value is -3.66. The Morgan fingerprint density at radius 2 is 1.77 bits per heavy atom. The zero-order valence-corrected chi connectivity index (χ0v) is 20.4. The summed E-state index contributed by atoms with van der Waals surface area (Å²) in [5.74, 6) is -0.520. The van der Waals surface area contributed by atoms with Crippen molar-refractivity contribution in [2.75, 3.05) is 18.1 Å². The number of amides is 1. The lowest BCUT2D eigenvalue weighted by molar-refractivity contribution is -0.118. The quantitative estimate of drug-likeness (QED) is 0.284. The van der Waals surface area contributed by atoms with E-state index in [0.29, 0.717) is 35.0 Å². The number of benzene rings is 3. The minimum absolute atomic E-state index is 0.112. The molecule has 0 spiro atoms. The molecule has 0 radical (unpaired) electrons. The molecule has 0 aromatic heterocycles. The van der Waals surface area contributed by atoms with Gasteiger partial charge in [0.05, 0.1) is 36.9 Å². The maximum atomic E-state index is 13.2. The van der Waals surface area contributed by atoms with Crippen molar-refractivity contribution in [3.8, 4) is 6.07 Å². The van der Waals surface area contributed by atoms with Gasteiger partial charge in [0.2, 0.25) is 5.91 Å². The molecule has 0 saturated heterocycles. The van der Waals surface area contributed by atoms with E-state index in [1.807, 2.05) is 37.3 Å². The van der Waals surface area contributed by atoms with Crippen LogP contribution in [0.25, 0.3) is 0 Å². The van der Waals surface area contributed by atoms with E-state index in [2.05, 4.69) is 11.4 Å². The fourth-order valence-corrected chi connectivity index (χ4v) is 3.55. The van der Waals surface area contributed by atoms with Crippen molar-refractivity contribution in [3.63, 3.8) is 0 Å². The summed E-state index contributed by atoms with van der Waals surface area (Å²) in [4.78, 5) is 27.1. The number of hydrogen-bond donors (Lipinski definition) is 1. The van der Waals surface area contributed by atoms with Crippen LogP contribution in [0, 0.1) is 11.3 Å². The van der Waals surface area contributed by atoms with Crippen molar-refractivity contribution in [3.05, 3.63) is 100 Å². The molecular formula is C28H28ClN3O3. The van der Waals surface area contributed by atoms with Crippen LogP contribution in [0.15, 0.2) is 72.8 Å². The monoisotopic (exact) mass is 489 g/mol. The zero-order chi connectivity index (χ0) is 25.0. The molecule has 6 nitrogen and oxygen atoms in total. The first kappa shape index (κ1) is 26.0. The molecule has 180 valence electrons. The van der Waals surface area contributed by atoms with Crippen LogP contribution in [0.1, 0.15) is 46.8 Å². The highest BCUT2D eigenvalue weighted by Crippen LogP contribution is 2.20. The lowest BCUT2D eigenvalue weighted by Crippen LogP contribution is -2.37. The van der Waals surface area contributed by atoms with Gasteiger partial charge in [-0.3, -0.25) is 4.79 Å². The van der Waals surface area contributed by atoms with E-state index in [0.717, 1.165) is 24.0 Å². The first-order valence-electron chi connectivity index (χ1n) is 11.5. The molecule has 0 bridgehead atoms. The molecule has 0 saturated carbocycles. The maximum absolute atomic E-state index is 13.2. The standard InChI is InChI=1S/C28H28ClN3O3/c1-2-3-15-35-28(34)24-9-13-26(14-10-24)32(20-23-6-4-5-22(16-23)17-30)27(33)19-31-18-21-7-11-25(29)12-8-21/h4-14,16,31H,2-3,15,18-20H2,1H3. The summed E-state index contributed by atoms with van der Waals surface area (Å²) in [6, 6.07) is 23.5. The van der Waals surface area contributed by atoms with Gasteiger partial charge in [-0.1, -0.05) is 49.2 Å². The Bertz CT molecular complexity index is 1170. The summed E-state index contributed by atoms with van der Waals surface area (Å²) >= 11 is 5.94. The van der Waals surface area contributed by atoms with E-state index < -0.39 is 0 Å². The summed E-state index contributed by atoms with van der Waals surface area (Å²) in [5.41, 5.74) is 3.46. The summed E-state index contributed by atoms with van der Waals surface area (Å²) < 4.78 is 5.27. The number of anilines is 1. The fraction of sp³-hybridized carbons (Fsp3) is 0.250.